The van der Waals surface area contributed by atoms with E-state index in [0.29, 0.717) is 6.54 Å². The van der Waals surface area contributed by atoms with Gasteiger partial charge in [-0.05, 0) is 26.3 Å². The number of aliphatic hydroxyl groups is 1. The lowest BCUT2D eigenvalue weighted by atomic mass is 10.0. The molecule has 1 saturated heterocycles. The molecule has 1 aromatic carbocycles. The number of amides is 1. The fraction of sp³-hybridized carbons (Fsp3) is 0.632. The van der Waals surface area contributed by atoms with Crippen molar-refractivity contribution in [3.63, 3.8) is 0 Å². The van der Waals surface area contributed by atoms with E-state index in [4.69, 9.17) is 0 Å². The minimum Gasteiger partial charge on any atom is -0.392 e. The van der Waals surface area contributed by atoms with Gasteiger partial charge in [-0.2, -0.15) is 0 Å². The summed E-state index contributed by atoms with van der Waals surface area (Å²) in [6, 6.07) is 9.88. The van der Waals surface area contributed by atoms with Crippen LogP contribution in [-0.4, -0.2) is 77.6 Å². The summed E-state index contributed by atoms with van der Waals surface area (Å²) < 4.78 is 0. The number of benzene rings is 1. The number of β-amino-alcohol motifs (C(OH)–C–C–N with tert-alkyl or cyclic N) is 1. The highest BCUT2D eigenvalue weighted by molar-refractivity contribution is 5.83. The van der Waals surface area contributed by atoms with E-state index in [2.05, 4.69) is 9.80 Å². The van der Waals surface area contributed by atoms with Gasteiger partial charge in [0.15, 0.2) is 0 Å². The summed E-state index contributed by atoms with van der Waals surface area (Å²) in [5.41, 5.74) is 1.07. The summed E-state index contributed by atoms with van der Waals surface area (Å²) in [6.45, 7) is 11.5. The molecule has 2 atom stereocenters. The van der Waals surface area contributed by atoms with Crippen LogP contribution in [0.1, 0.15) is 32.4 Å². The van der Waals surface area contributed by atoms with Crippen molar-refractivity contribution in [2.75, 3.05) is 45.8 Å². The van der Waals surface area contributed by atoms with Gasteiger partial charge in [0.1, 0.15) is 6.04 Å². The molecule has 1 amide bonds. The zero-order valence-electron chi connectivity index (χ0n) is 15.2. The van der Waals surface area contributed by atoms with Crippen LogP contribution in [-0.2, 0) is 4.79 Å². The van der Waals surface area contributed by atoms with E-state index in [9.17, 15) is 9.90 Å². The number of likely N-dealkylation sites (N-methyl/N-ethyl adjacent to an activating group) is 1. The second kappa shape index (κ2) is 9.16. The highest BCUT2D eigenvalue weighted by Gasteiger charge is 2.32. The monoisotopic (exact) mass is 333 g/mol. The highest BCUT2D eigenvalue weighted by Crippen LogP contribution is 2.24. The van der Waals surface area contributed by atoms with Crippen LogP contribution < -0.4 is 0 Å². The molecule has 1 heterocycles. The standard InChI is InChI=1S/C19H31N3O2/c1-4-21(5-2)19(24)18(17-9-7-6-8-10-17)22-13-11-20(12-14-22)15-16(3)23/h6-10,16,18,23H,4-5,11-15H2,1-3H3/t16-,18-/m0/s1. The average molecular weight is 333 g/mol. The molecule has 24 heavy (non-hydrogen) atoms. The van der Waals surface area contributed by atoms with Crippen molar-refractivity contribution in [3.8, 4) is 0 Å². The fourth-order valence-corrected chi connectivity index (χ4v) is 3.43. The van der Waals surface area contributed by atoms with Crippen LogP contribution in [0.2, 0.25) is 0 Å². The van der Waals surface area contributed by atoms with Crippen LogP contribution >= 0.6 is 0 Å². The first-order valence-corrected chi connectivity index (χ1v) is 9.05. The van der Waals surface area contributed by atoms with Gasteiger partial charge in [0, 0.05) is 45.8 Å². The van der Waals surface area contributed by atoms with E-state index in [1.807, 2.05) is 56.0 Å². The number of carbonyl (C=O) groups is 1. The number of nitrogens with zero attached hydrogens (tertiary/aromatic N) is 3. The largest absolute Gasteiger partial charge is 0.392 e. The molecule has 5 heteroatoms. The van der Waals surface area contributed by atoms with Crippen LogP contribution in [0.4, 0.5) is 0 Å². The molecule has 1 aliphatic rings. The Kier molecular flexibility index (Phi) is 7.21. The lowest BCUT2D eigenvalue weighted by Crippen LogP contribution is -2.52. The zero-order chi connectivity index (χ0) is 17.5. The van der Waals surface area contributed by atoms with Crippen LogP contribution in [0.25, 0.3) is 0 Å². The van der Waals surface area contributed by atoms with Crippen molar-refractivity contribution in [1.82, 2.24) is 14.7 Å². The molecule has 134 valence electrons. The SMILES string of the molecule is CCN(CC)C(=O)[C@H](c1ccccc1)N1CCN(C[C@H](C)O)CC1. The molecule has 0 spiro atoms. The van der Waals surface area contributed by atoms with E-state index in [-0.39, 0.29) is 18.1 Å². The van der Waals surface area contributed by atoms with Gasteiger partial charge in [-0.1, -0.05) is 30.3 Å². The van der Waals surface area contributed by atoms with Gasteiger partial charge in [0.05, 0.1) is 6.10 Å². The molecule has 1 aromatic rings. The summed E-state index contributed by atoms with van der Waals surface area (Å²) in [6.07, 6.45) is -0.307. The molecule has 0 aromatic heterocycles. The van der Waals surface area contributed by atoms with Crippen molar-refractivity contribution >= 4 is 5.91 Å². The summed E-state index contributed by atoms with van der Waals surface area (Å²) in [5.74, 6) is 0.190. The van der Waals surface area contributed by atoms with Gasteiger partial charge in [-0.15, -0.1) is 0 Å². The Morgan fingerprint density at radius 2 is 1.71 bits per heavy atom. The van der Waals surface area contributed by atoms with Crippen LogP contribution in [0.15, 0.2) is 30.3 Å². The first kappa shape index (κ1) is 18.9. The Labute approximate surface area is 145 Å². The normalized spacial score (nSPS) is 19.0. The van der Waals surface area contributed by atoms with Crippen molar-refractivity contribution in [1.29, 1.82) is 0 Å². The van der Waals surface area contributed by atoms with Gasteiger partial charge < -0.3 is 10.0 Å². The third kappa shape index (κ3) is 4.79. The van der Waals surface area contributed by atoms with Gasteiger partial charge in [-0.3, -0.25) is 14.6 Å². The number of hydrogen-bond donors (Lipinski definition) is 1. The predicted molar refractivity (Wildman–Crippen MR) is 96.8 cm³/mol. The van der Waals surface area contributed by atoms with E-state index in [1.165, 1.54) is 0 Å². The number of aliphatic hydroxyl groups excluding tert-OH is 1. The topological polar surface area (TPSA) is 47.0 Å². The van der Waals surface area contributed by atoms with Crippen LogP contribution in [0.5, 0.6) is 0 Å². The van der Waals surface area contributed by atoms with Crippen LogP contribution in [0.3, 0.4) is 0 Å². The summed E-state index contributed by atoms with van der Waals surface area (Å²) in [7, 11) is 0. The molecule has 0 unspecified atom stereocenters. The van der Waals surface area contributed by atoms with E-state index in [1.54, 1.807) is 0 Å². The third-order valence-corrected chi connectivity index (χ3v) is 4.72. The van der Waals surface area contributed by atoms with Gasteiger partial charge in [-0.25, -0.2) is 0 Å². The molecule has 1 fully saturated rings. The molecule has 0 saturated carbocycles. The van der Waals surface area contributed by atoms with Crippen LogP contribution in [0, 0.1) is 0 Å². The number of rotatable bonds is 7. The van der Waals surface area contributed by atoms with E-state index in [0.717, 1.165) is 44.8 Å². The minimum atomic E-state index is -0.307. The lowest BCUT2D eigenvalue weighted by molar-refractivity contribution is -0.137. The molecule has 1 N–H and O–H groups in total. The van der Waals surface area contributed by atoms with Crippen molar-refractivity contribution in [2.45, 2.75) is 32.9 Å². The second-order valence-corrected chi connectivity index (χ2v) is 6.51. The number of piperazine rings is 1. The van der Waals surface area contributed by atoms with Gasteiger partial charge in [0.25, 0.3) is 0 Å². The Balaban J connectivity index is 2.14. The zero-order valence-corrected chi connectivity index (χ0v) is 15.2. The maximum Gasteiger partial charge on any atom is 0.244 e. The van der Waals surface area contributed by atoms with Gasteiger partial charge >= 0.3 is 0 Å². The molecular formula is C19H31N3O2. The Morgan fingerprint density at radius 1 is 1.12 bits per heavy atom. The minimum absolute atomic E-state index is 0.190. The summed E-state index contributed by atoms with van der Waals surface area (Å²) >= 11 is 0. The Bertz CT molecular complexity index is 495. The summed E-state index contributed by atoms with van der Waals surface area (Å²) in [5, 5.41) is 9.57. The summed E-state index contributed by atoms with van der Waals surface area (Å²) in [4.78, 5) is 19.6. The maximum atomic E-state index is 13.1. The average Bonchev–Trinajstić information content (AvgIpc) is 2.58. The Hall–Kier alpha value is -1.43. The smallest absolute Gasteiger partial charge is 0.244 e. The van der Waals surface area contributed by atoms with E-state index < -0.39 is 0 Å². The predicted octanol–water partition coefficient (Wildman–Crippen LogP) is 1.59. The molecular weight excluding hydrogens is 302 g/mol. The Morgan fingerprint density at radius 3 is 2.21 bits per heavy atom. The number of hydrogen-bond acceptors (Lipinski definition) is 4. The maximum absolute atomic E-state index is 13.1. The van der Waals surface area contributed by atoms with Crippen molar-refractivity contribution in [3.05, 3.63) is 35.9 Å². The molecule has 0 aliphatic carbocycles. The quantitative estimate of drug-likeness (QED) is 0.823. The number of carbonyl (C=O) groups excluding carboxylic acids is 1. The first-order valence-electron chi connectivity index (χ1n) is 9.05. The van der Waals surface area contributed by atoms with Crippen molar-refractivity contribution in [2.24, 2.45) is 0 Å². The van der Waals surface area contributed by atoms with Crippen molar-refractivity contribution < 1.29 is 9.90 Å². The lowest BCUT2D eigenvalue weighted by Gasteiger charge is -2.40. The third-order valence-electron chi connectivity index (χ3n) is 4.72. The molecule has 0 radical (unpaired) electrons. The molecule has 2 rings (SSSR count). The van der Waals surface area contributed by atoms with E-state index >= 15 is 0 Å². The second-order valence-electron chi connectivity index (χ2n) is 6.51. The first-order chi connectivity index (χ1) is 11.6. The van der Waals surface area contributed by atoms with Gasteiger partial charge in [0.2, 0.25) is 5.91 Å². The fourth-order valence-electron chi connectivity index (χ4n) is 3.43. The molecule has 0 bridgehead atoms. The molecule has 1 aliphatic heterocycles. The highest BCUT2D eigenvalue weighted by atomic mass is 16.3. The molecule has 5 nitrogen and oxygen atoms in total.